The van der Waals surface area contributed by atoms with Gasteiger partial charge < -0.3 is 16.2 Å². The fraction of sp³-hybridized carbons (Fsp3) is 0.909. The van der Waals surface area contributed by atoms with Gasteiger partial charge in [-0.15, -0.1) is 0 Å². The van der Waals surface area contributed by atoms with E-state index in [1.165, 1.54) is 0 Å². The zero-order valence-corrected chi connectivity index (χ0v) is 10.8. The number of aliphatic hydroxyl groups excluding tert-OH is 1. The minimum atomic E-state index is -0.454. The zero-order valence-electron chi connectivity index (χ0n) is 9.89. The van der Waals surface area contributed by atoms with Gasteiger partial charge >= 0.3 is 0 Å². The molecule has 0 heterocycles. The molecule has 4 nitrogen and oxygen atoms in total. The molecule has 1 rings (SSSR count). The lowest BCUT2D eigenvalue weighted by molar-refractivity contribution is -0.124. The molecular weight excluding hydrogens is 224 g/mol. The molecular formula is C11H22N2O2S. The van der Waals surface area contributed by atoms with Crippen molar-refractivity contribution in [2.45, 2.75) is 56.5 Å². The Labute approximate surface area is 102 Å². The summed E-state index contributed by atoms with van der Waals surface area (Å²) in [6, 6.07) is -0.353. The van der Waals surface area contributed by atoms with E-state index in [2.05, 4.69) is 17.9 Å². The standard InChI is InChI=1S/C11H22N2O2S/c1-6(2)10(12)11(15)13-7-3-4-8(14)9(16)5-7/h6-10,14,16H,3-5,12H2,1-2H3,(H,13,15)/t7-,8+,9+,10+/m0/s1. The lowest BCUT2D eigenvalue weighted by Gasteiger charge is -2.31. The van der Waals surface area contributed by atoms with Gasteiger partial charge in [0.05, 0.1) is 12.1 Å². The smallest absolute Gasteiger partial charge is 0.237 e. The number of carbonyl (C=O) groups excluding carboxylic acids is 1. The number of hydrogen-bond acceptors (Lipinski definition) is 4. The Bertz CT molecular complexity index is 248. The number of aliphatic hydroxyl groups is 1. The van der Waals surface area contributed by atoms with E-state index in [9.17, 15) is 9.90 Å². The normalized spacial score (nSPS) is 32.5. The molecule has 0 spiro atoms. The van der Waals surface area contributed by atoms with Gasteiger partial charge in [0.25, 0.3) is 0 Å². The van der Waals surface area contributed by atoms with Crippen molar-refractivity contribution in [2.75, 3.05) is 0 Å². The summed E-state index contributed by atoms with van der Waals surface area (Å²) >= 11 is 4.30. The van der Waals surface area contributed by atoms with Crippen LogP contribution < -0.4 is 11.1 Å². The van der Waals surface area contributed by atoms with Crippen molar-refractivity contribution in [3.05, 3.63) is 0 Å². The van der Waals surface area contributed by atoms with Crippen molar-refractivity contribution in [1.29, 1.82) is 0 Å². The first-order valence-electron chi connectivity index (χ1n) is 5.84. The van der Waals surface area contributed by atoms with Crippen LogP contribution in [0.4, 0.5) is 0 Å². The summed E-state index contributed by atoms with van der Waals surface area (Å²) in [5.74, 6) is 0.0397. The lowest BCUT2D eigenvalue weighted by atomic mass is 9.92. The van der Waals surface area contributed by atoms with Gasteiger partial charge in [-0.2, -0.15) is 12.6 Å². The summed E-state index contributed by atoms with van der Waals surface area (Å²) in [6.45, 7) is 3.85. The monoisotopic (exact) mass is 246 g/mol. The molecule has 5 heteroatoms. The molecule has 4 N–H and O–H groups in total. The number of nitrogens with two attached hydrogens (primary N) is 1. The van der Waals surface area contributed by atoms with E-state index in [0.717, 1.165) is 6.42 Å². The molecule has 1 amide bonds. The number of carbonyl (C=O) groups is 1. The van der Waals surface area contributed by atoms with E-state index >= 15 is 0 Å². The fourth-order valence-corrected chi connectivity index (χ4v) is 2.27. The van der Waals surface area contributed by atoms with Crippen LogP contribution in [-0.4, -0.2) is 34.5 Å². The van der Waals surface area contributed by atoms with E-state index in [1.54, 1.807) is 0 Å². The van der Waals surface area contributed by atoms with E-state index in [4.69, 9.17) is 5.73 Å². The predicted octanol–water partition coefficient (Wildman–Crippen LogP) is 0.298. The summed E-state index contributed by atoms with van der Waals surface area (Å²) in [5.41, 5.74) is 5.76. The van der Waals surface area contributed by atoms with Crippen LogP contribution in [0, 0.1) is 5.92 Å². The highest BCUT2D eigenvalue weighted by molar-refractivity contribution is 7.81. The van der Waals surface area contributed by atoms with Gasteiger partial charge in [-0.1, -0.05) is 13.8 Å². The summed E-state index contributed by atoms with van der Waals surface area (Å²) in [5, 5.41) is 12.4. The van der Waals surface area contributed by atoms with Crippen molar-refractivity contribution < 1.29 is 9.90 Å². The van der Waals surface area contributed by atoms with Crippen LogP contribution in [0.2, 0.25) is 0 Å². The Kier molecular flexibility index (Phi) is 5.08. The largest absolute Gasteiger partial charge is 0.392 e. The second-order valence-electron chi connectivity index (χ2n) is 4.92. The van der Waals surface area contributed by atoms with Gasteiger partial charge in [-0.05, 0) is 25.2 Å². The van der Waals surface area contributed by atoms with Gasteiger partial charge in [0, 0.05) is 11.3 Å². The maximum Gasteiger partial charge on any atom is 0.237 e. The second kappa shape index (κ2) is 5.89. The number of nitrogens with one attached hydrogen (secondary N) is 1. The summed E-state index contributed by atoms with van der Waals surface area (Å²) < 4.78 is 0. The molecule has 0 aromatic carbocycles. The highest BCUT2D eigenvalue weighted by atomic mass is 32.1. The van der Waals surface area contributed by atoms with Crippen molar-refractivity contribution >= 4 is 18.5 Å². The van der Waals surface area contributed by atoms with E-state index in [0.29, 0.717) is 12.8 Å². The third-order valence-electron chi connectivity index (χ3n) is 3.15. The third kappa shape index (κ3) is 3.64. The van der Waals surface area contributed by atoms with Crippen LogP contribution >= 0.6 is 12.6 Å². The Morgan fingerprint density at radius 3 is 2.62 bits per heavy atom. The molecule has 0 saturated heterocycles. The zero-order chi connectivity index (χ0) is 12.3. The first-order valence-corrected chi connectivity index (χ1v) is 6.35. The summed E-state index contributed by atoms with van der Waals surface area (Å²) in [6.07, 6.45) is 1.85. The lowest BCUT2D eigenvalue weighted by Crippen LogP contribution is -2.50. The molecule has 0 aliphatic heterocycles. The Hall–Kier alpha value is -0.260. The topological polar surface area (TPSA) is 75.4 Å². The van der Waals surface area contributed by atoms with Crippen LogP contribution in [0.15, 0.2) is 0 Å². The van der Waals surface area contributed by atoms with Crippen molar-refractivity contribution in [3.63, 3.8) is 0 Å². The number of rotatable bonds is 3. The van der Waals surface area contributed by atoms with Crippen molar-refractivity contribution in [3.8, 4) is 0 Å². The molecule has 1 saturated carbocycles. The molecule has 94 valence electrons. The van der Waals surface area contributed by atoms with Crippen LogP contribution in [0.5, 0.6) is 0 Å². The maximum atomic E-state index is 11.7. The molecule has 0 aromatic heterocycles. The number of amides is 1. The molecule has 0 bridgehead atoms. The average molecular weight is 246 g/mol. The second-order valence-corrected chi connectivity index (χ2v) is 5.59. The molecule has 0 aromatic rings. The molecule has 1 aliphatic rings. The minimum absolute atomic E-state index is 0.0469. The third-order valence-corrected chi connectivity index (χ3v) is 3.70. The van der Waals surface area contributed by atoms with Gasteiger partial charge in [0.15, 0.2) is 0 Å². The van der Waals surface area contributed by atoms with E-state index in [1.807, 2.05) is 13.8 Å². The van der Waals surface area contributed by atoms with Crippen LogP contribution in [0.25, 0.3) is 0 Å². The van der Waals surface area contributed by atoms with E-state index in [-0.39, 0.29) is 29.2 Å². The highest BCUT2D eigenvalue weighted by Crippen LogP contribution is 2.23. The number of hydrogen-bond donors (Lipinski definition) is 4. The fourth-order valence-electron chi connectivity index (χ4n) is 1.86. The first-order chi connectivity index (χ1) is 7.41. The van der Waals surface area contributed by atoms with Gasteiger partial charge in [-0.3, -0.25) is 4.79 Å². The Morgan fingerprint density at radius 2 is 2.12 bits per heavy atom. The Morgan fingerprint density at radius 1 is 1.50 bits per heavy atom. The van der Waals surface area contributed by atoms with Gasteiger partial charge in [0.1, 0.15) is 0 Å². The maximum absolute atomic E-state index is 11.7. The minimum Gasteiger partial charge on any atom is -0.392 e. The van der Waals surface area contributed by atoms with E-state index < -0.39 is 6.04 Å². The first kappa shape index (κ1) is 13.8. The number of thiol groups is 1. The average Bonchev–Trinajstić information content (AvgIpc) is 2.22. The highest BCUT2D eigenvalue weighted by Gasteiger charge is 2.29. The molecule has 0 radical (unpaired) electrons. The van der Waals surface area contributed by atoms with Crippen molar-refractivity contribution in [2.24, 2.45) is 11.7 Å². The van der Waals surface area contributed by atoms with Crippen LogP contribution in [-0.2, 0) is 4.79 Å². The Balaban J connectivity index is 2.40. The SMILES string of the molecule is CC(C)[C@@H](N)C(=O)N[C@H]1CC[C@@H](O)[C@H](S)C1. The molecule has 16 heavy (non-hydrogen) atoms. The molecule has 4 atom stereocenters. The van der Waals surface area contributed by atoms with Crippen LogP contribution in [0.3, 0.4) is 0 Å². The van der Waals surface area contributed by atoms with Crippen molar-refractivity contribution in [1.82, 2.24) is 5.32 Å². The quantitative estimate of drug-likeness (QED) is 0.541. The van der Waals surface area contributed by atoms with Crippen LogP contribution in [0.1, 0.15) is 33.1 Å². The molecule has 0 unspecified atom stereocenters. The predicted molar refractivity (Wildman–Crippen MR) is 67.4 cm³/mol. The summed E-state index contributed by atoms with van der Waals surface area (Å²) in [4.78, 5) is 11.7. The van der Waals surface area contributed by atoms with Gasteiger partial charge in [0.2, 0.25) is 5.91 Å². The molecule has 1 aliphatic carbocycles. The van der Waals surface area contributed by atoms with Gasteiger partial charge in [-0.25, -0.2) is 0 Å². The molecule has 1 fully saturated rings. The summed E-state index contributed by atoms with van der Waals surface area (Å²) in [7, 11) is 0.